The Morgan fingerprint density at radius 3 is 2.18 bits per heavy atom. The predicted octanol–water partition coefficient (Wildman–Crippen LogP) is 2.51. The van der Waals surface area contributed by atoms with Crippen molar-refractivity contribution < 1.29 is 33.1 Å². The molecular formula is C25H20N6O7. The Morgan fingerprint density at radius 1 is 0.895 bits per heavy atom. The monoisotopic (exact) mass is 516 g/mol. The molecule has 2 aromatic carbocycles. The molecular weight excluding hydrogens is 496 g/mol. The highest BCUT2D eigenvalue weighted by molar-refractivity contribution is 6.21. The van der Waals surface area contributed by atoms with Crippen molar-refractivity contribution >= 4 is 17.8 Å². The van der Waals surface area contributed by atoms with E-state index in [0.29, 0.717) is 34.5 Å². The molecule has 2 N–H and O–H groups in total. The molecule has 0 unspecified atom stereocenters. The first-order chi connectivity index (χ1) is 18.5. The molecule has 13 nitrogen and oxygen atoms in total. The number of carbonyl (C=O) groups excluding carboxylic acids is 3. The number of benzene rings is 2. The Hall–Kier alpha value is -5.17. The summed E-state index contributed by atoms with van der Waals surface area (Å²) in [6, 6.07) is 12.4. The second-order valence-corrected chi connectivity index (χ2v) is 8.02. The van der Waals surface area contributed by atoms with Gasteiger partial charge in [-0.25, -0.2) is 9.78 Å². The molecule has 13 heteroatoms. The van der Waals surface area contributed by atoms with E-state index in [0.717, 1.165) is 0 Å². The third-order valence-electron chi connectivity index (χ3n) is 5.52. The molecule has 0 spiro atoms. The Labute approximate surface area is 215 Å². The smallest absolute Gasteiger partial charge is 0.328 e. The Morgan fingerprint density at radius 2 is 1.55 bits per heavy atom. The van der Waals surface area contributed by atoms with Crippen LogP contribution in [0.15, 0.2) is 71.6 Å². The molecule has 0 atom stereocenters. The standard InChI is InChI=1S/C25H20N6O7/c1-35-13-10-25(22(32)29-24(34)30-23(25)33)37-18-8-6-17(7-9-18)36-16-4-2-15(3-5-16)21-28-20(31-38-21)19-14-26-11-12-27-19/h2-9,11-12,14H,10,13H2,1H3,(H2,29,30,32,33,34). The zero-order valence-corrected chi connectivity index (χ0v) is 19.9. The van der Waals surface area contributed by atoms with Crippen LogP contribution < -0.4 is 20.1 Å². The lowest BCUT2D eigenvalue weighted by Gasteiger charge is -2.34. The van der Waals surface area contributed by atoms with E-state index in [1.165, 1.54) is 7.11 Å². The maximum Gasteiger partial charge on any atom is 0.328 e. The van der Waals surface area contributed by atoms with Crippen LogP contribution in [-0.4, -0.2) is 57.3 Å². The van der Waals surface area contributed by atoms with Crippen molar-refractivity contribution in [1.29, 1.82) is 0 Å². The number of carbonyl (C=O) groups is 3. The Balaban J connectivity index is 1.26. The second-order valence-electron chi connectivity index (χ2n) is 8.02. The van der Waals surface area contributed by atoms with Gasteiger partial charge in [0.2, 0.25) is 5.82 Å². The molecule has 4 aromatic rings. The van der Waals surface area contributed by atoms with Crippen molar-refractivity contribution in [3.05, 3.63) is 67.1 Å². The number of hydrogen-bond donors (Lipinski definition) is 2. The number of nitrogens with one attached hydrogen (secondary N) is 2. The maximum atomic E-state index is 12.5. The van der Waals surface area contributed by atoms with Gasteiger partial charge in [-0.3, -0.25) is 25.2 Å². The number of aromatic nitrogens is 4. The summed E-state index contributed by atoms with van der Waals surface area (Å²) in [5.74, 6) is 0.151. The molecule has 4 amide bonds. The van der Waals surface area contributed by atoms with Gasteiger partial charge in [0.1, 0.15) is 22.9 Å². The first kappa shape index (κ1) is 24.5. The van der Waals surface area contributed by atoms with Crippen LogP contribution in [0.25, 0.3) is 23.0 Å². The highest BCUT2D eigenvalue weighted by Gasteiger charge is 2.52. The molecule has 38 heavy (non-hydrogen) atoms. The van der Waals surface area contributed by atoms with Crippen molar-refractivity contribution in [3.8, 4) is 40.2 Å². The fourth-order valence-corrected chi connectivity index (χ4v) is 3.60. The molecule has 192 valence electrons. The topological polar surface area (TPSA) is 168 Å². The van der Waals surface area contributed by atoms with Crippen molar-refractivity contribution in [1.82, 2.24) is 30.7 Å². The van der Waals surface area contributed by atoms with Crippen LogP contribution in [0.1, 0.15) is 6.42 Å². The molecule has 0 saturated carbocycles. The van der Waals surface area contributed by atoms with Gasteiger partial charge in [0.15, 0.2) is 0 Å². The molecule has 1 saturated heterocycles. The number of rotatable bonds is 9. The second kappa shape index (κ2) is 10.4. The highest BCUT2D eigenvalue weighted by Crippen LogP contribution is 2.30. The lowest BCUT2D eigenvalue weighted by atomic mass is 9.95. The summed E-state index contributed by atoms with van der Waals surface area (Å²) in [4.78, 5) is 49.1. The quantitative estimate of drug-likeness (QED) is 0.314. The predicted molar refractivity (Wildman–Crippen MR) is 129 cm³/mol. The van der Waals surface area contributed by atoms with E-state index in [4.69, 9.17) is 18.7 Å². The maximum absolute atomic E-state index is 12.5. The van der Waals surface area contributed by atoms with Gasteiger partial charge in [-0.2, -0.15) is 4.98 Å². The van der Waals surface area contributed by atoms with Crippen LogP contribution in [-0.2, 0) is 14.3 Å². The average molecular weight is 516 g/mol. The summed E-state index contributed by atoms with van der Waals surface area (Å²) in [6.07, 6.45) is 4.54. The number of nitrogens with zero attached hydrogens (tertiary/aromatic N) is 4. The fraction of sp³-hybridized carbons (Fsp3) is 0.160. The van der Waals surface area contributed by atoms with Gasteiger partial charge in [-0.15, -0.1) is 0 Å². The number of barbiturate groups is 1. The molecule has 1 fully saturated rings. The van der Waals surface area contributed by atoms with Crippen LogP contribution >= 0.6 is 0 Å². The van der Waals surface area contributed by atoms with Crippen LogP contribution in [0.5, 0.6) is 17.2 Å². The van der Waals surface area contributed by atoms with E-state index >= 15 is 0 Å². The summed E-state index contributed by atoms with van der Waals surface area (Å²) in [7, 11) is 1.43. The molecule has 0 radical (unpaired) electrons. The number of urea groups is 1. The Kier molecular flexibility index (Phi) is 6.74. The van der Waals surface area contributed by atoms with Crippen molar-refractivity contribution in [2.45, 2.75) is 12.0 Å². The van der Waals surface area contributed by atoms with Crippen LogP contribution in [0.3, 0.4) is 0 Å². The molecule has 2 aromatic heterocycles. The number of imide groups is 2. The third-order valence-corrected chi connectivity index (χ3v) is 5.52. The van der Waals surface area contributed by atoms with E-state index in [-0.39, 0.29) is 18.8 Å². The molecule has 0 aliphatic carbocycles. The van der Waals surface area contributed by atoms with Gasteiger partial charge < -0.3 is 18.7 Å². The van der Waals surface area contributed by atoms with Crippen molar-refractivity contribution in [2.75, 3.05) is 13.7 Å². The lowest BCUT2D eigenvalue weighted by molar-refractivity contribution is -0.153. The summed E-state index contributed by atoms with van der Waals surface area (Å²) < 4.78 is 22.0. The summed E-state index contributed by atoms with van der Waals surface area (Å²) in [5.41, 5.74) is -0.769. The highest BCUT2D eigenvalue weighted by atomic mass is 16.5. The first-order valence-electron chi connectivity index (χ1n) is 11.3. The van der Waals surface area contributed by atoms with E-state index in [2.05, 4.69) is 30.7 Å². The average Bonchev–Trinajstić information content (AvgIpc) is 3.42. The third kappa shape index (κ3) is 5.03. The molecule has 1 aliphatic heterocycles. The minimum absolute atomic E-state index is 0.0530. The minimum Gasteiger partial charge on any atom is -0.467 e. The van der Waals surface area contributed by atoms with Gasteiger partial charge in [-0.05, 0) is 48.5 Å². The lowest BCUT2D eigenvalue weighted by Crippen LogP contribution is -2.69. The van der Waals surface area contributed by atoms with Crippen molar-refractivity contribution in [3.63, 3.8) is 0 Å². The summed E-state index contributed by atoms with van der Waals surface area (Å²) >= 11 is 0. The molecule has 5 rings (SSSR count). The minimum atomic E-state index is -1.95. The van der Waals surface area contributed by atoms with Crippen LogP contribution in [0, 0.1) is 0 Å². The molecule has 3 heterocycles. The van der Waals surface area contributed by atoms with Crippen molar-refractivity contribution in [2.24, 2.45) is 0 Å². The van der Waals surface area contributed by atoms with Crippen LogP contribution in [0.2, 0.25) is 0 Å². The largest absolute Gasteiger partial charge is 0.467 e. The fourth-order valence-electron chi connectivity index (χ4n) is 3.60. The molecule has 0 bridgehead atoms. The van der Waals surface area contributed by atoms with Gasteiger partial charge in [0, 0.05) is 31.5 Å². The Bertz CT molecular complexity index is 1440. The van der Waals surface area contributed by atoms with Gasteiger partial charge in [0.05, 0.1) is 12.8 Å². The van der Waals surface area contributed by atoms with Crippen LogP contribution in [0.4, 0.5) is 4.79 Å². The molecule has 1 aliphatic rings. The van der Waals surface area contributed by atoms with Gasteiger partial charge in [-0.1, -0.05) is 5.16 Å². The summed E-state index contributed by atoms with van der Waals surface area (Å²) in [6.45, 7) is 0.0530. The number of methoxy groups -OCH3 is 1. The number of ether oxygens (including phenoxy) is 3. The first-order valence-corrected chi connectivity index (χ1v) is 11.3. The zero-order chi connectivity index (χ0) is 26.5. The van der Waals surface area contributed by atoms with E-state index in [1.807, 2.05) is 0 Å². The van der Waals surface area contributed by atoms with Gasteiger partial charge >= 0.3 is 6.03 Å². The van der Waals surface area contributed by atoms with Gasteiger partial charge in [0.25, 0.3) is 23.3 Å². The summed E-state index contributed by atoms with van der Waals surface area (Å²) in [5, 5.41) is 8.06. The zero-order valence-electron chi connectivity index (χ0n) is 19.9. The normalized spacial score (nSPS) is 14.5. The van der Waals surface area contributed by atoms with E-state index < -0.39 is 23.4 Å². The number of hydrogen-bond acceptors (Lipinski definition) is 11. The van der Waals surface area contributed by atoms with E-state index in [9.17, 15) is 14.4 Å². The SMILES string of the molecule is COCCC1(Oc2ccc(Oc3ccc(-c4nc(-c5cnccn5)no4)cc3)cc2)C(=O)NC(=O)NC1=O. The number of amides is 4. The van der Waals surface area contributed by atoms with E-state index in [1.54, 1.807) is 67.1 Å².